The number of hydrogen-bond donors (Lipinski definition) is 2. The lowest BCUT2D eigenvalue weighted by Gasteiger charge is -2.07. The lowest BCUT2D eigenvalue weighted by Crippen LogP contribution is -2.23. The molecule has 8 nitrogen and oxygen atoms in total. The second-order valence-corrected chi connectivity index (χ2v) is 9.35. The van der Waals surface area contributed by atoms with Crippen LogP contribution >= 0.6 is 23.1 Å². The monoisotopic (exact) mass is 489 g/mol. The Hall–Kier alpha value is -3.78. The number of nitriles is 1. The maximum Gasteiger partial charge on any atom is 0.250 e. The number of pyridine rings is 1. The molecule has 2 aromatic heterocycles. The van der Waals surface area contributed by atoms with E-state index < -0.39 is 5.91 Å². The molecule has 170 valence electrons. The Balaban J connectivity index is 1.24. The van der Waals surface area contributed by atoms with Crippen molar-refractivity contribution in [1.29, 1.82) is 5.26 Å². The Labute approximate surface area is 204 Å². The van der Waals surface area contributed by atoms with Crippen LogP contribution < -0.4 is 10.6 Å². The highest BCUT2D eigenvalue weighted by Gasteiger charge is 2.10. The van der Waals surface area contributed by atoms with Gasteiger partial charge in [0.05, 0.1) is 21.8 Å². The van der Waals surface area contributed by atoms with E-state index in [9.17, 15) is 9.59 Å². The van der Waals surface area contributed by atoms with Gasteiger partial charge in [-0.2, -0.15) is 5.26 Å². The van der Waals surface area contributed by atoms with E-state index in [2.05, 4.69) is 20.6 Å². The van der Waals surface area contributed by atoms with Gasteiger partial charge in [-0.25, -0.2) is 4.98 Å². The largest absolute Gasteiger partial charge is 0.362 e. The first kappa shape index (κ1) is 23.4. The molecule has 2 aromatic carbocycles. The summed E-state index contributed by atoms with van der Waals surface area (Å²) in [6.45, 7) is -0.547. The van der Waals surface area contributed by atoms with E-state index in [4.69, 9.17) is 10.00 Å². The Morgan fingerprint density at radius 1 is 1.03 bits per heavy atom. The zero-order valence-corrected chi connectivity index (χ0v) is 19.5. The maximum absolute atomic E-state index is 12.2. The number of nitrogens with one attached hydrogen (secondary N) is 2. The number of carbonyl (C=O) groups is 2. The van der Waals surface area contributed by atoms with Crippen LogP contribution in [0.4, 0.5) is 11.4 Å². The number of nitrogens with zero attached hydrogens (tertiary/aromatic N) is 3. The van der Waals surface area contributed by atoms with E-state index in [0.29, 0.717) is 16.9 Å². The van der Waals surface area contributed by atoms with Crippen LogP contribution in [0, 0.1) is 11.3 Å². The summed E-state index contributed by atoms with van der Waals surface area (Å²) in [7, 11) is 0. The van der Waals surface area contributed by atoms with Crippen LogP contribution in [0.15, 0.2) is 71.3 Å². The van der Waals surface area contributed by atoms with Crippen LogP contribution in [0.5, 0.6) is 0 Å². The summed E-state index contributed by atoms with van der Waals surface area (Å²) >= 11 is 3.20. The lowest BCUT2D eigenvalue weighted by molar-refractivity contribution is -0.125. The van der Waals surface area contributed by atoms with Crippen molar-refractivity contribution in [2.45, 2.75) is 10.1 Å². The van der Waals surface area contributed by atoms with Crippen LogP contribution in [0.1, 0.15) is 11.1 Å². The Kier molecular flexibility index (Phi) is 7.83. The molecule has 0 spiro atoms. The zero-order valence-electron chi connectivity index (χ0n) is 17.9. The summed E-state index contributed by atoms with van der Waals surface area (Å²) in [5.74, 6) is 0.00551. The molecule has 2 heterocycles. The third-order valence-corrected chi connectivity index (χ3v) is 6.71. The van der Waals surface area contributed by atoms with E-state index in [1.165, 1.54) is 0 Å². The number of anilines is 2. The highest BCUT2D eigenvalue weighted by Crippen LogP contribution is 2.32. The van der Waals surface area contributed by atoms with Gasteiger partial charge in [0.25, 0.3) is 0 Å². The third-order valence-electron chi connectivity index (χ3n) is 4.48. The molecule has 0 aliphatic rings. The first-order valence-electron chi connectivity index (χ1n) is 10.2. The fourth-order valence-electron chi connectivity index (χ4n) is 2.97. The van der Waals surface area contributed by atoms with Crippen molar-refractivity contribution in [1.82, 2.24) is 9.97 Å². The second kappa shape index (κ2) is 11.4. The molecule has 0 saturated heterocycles. The van der Waals surface area contributed by atoms with Gasteiger partial charge < -0.3 is 15.4 Å². The van der Waals surface area contributed by atoms with E-state index in [-0.39, 0.29) is 19.1 Å². The van der Waals surface area contributed by atoms with Gasteiger partial charge >= 0.3 is 0 Å². The molecule has 0 radical (unpaired) electrons. The van der Waals surface area contributed by atoms with Crippen LogP contribution in [0.25, 0.3) is 10.2 Å². The first-order chi connectivity index (χ1) is 16.6. The van der Waals surface area contributed by atoms with Crippen molar-refractivity contribution < 1.29 is 14.3 Å². The molecular weight excluding hydrogens is 470 g/mol. The van der Waals surface area contributed by atoms with Gasteiger partial charge in [-0.3, -0.25) is 14.6 Å². The van der Waals surface area contributed by atoms with Gasteiger partial charge in [-0.1, -0.05) is 23.9 Å². The molecule has 0 atom stereocenters. The molecule has 0 saturated carbocycles. The number of fused-ring (bicyclic) bond motifs is 1. The van der Waals surface area contributed by atoms with Crippen molar-refractivity contribution in [3.05, 3.63) is 78.1 Å². The van der Waals surface area contributed by atoms with Crippen LogP contribution in [-0.4, -0.2) is 35.0 Å². The summed E-state index contributed by atoms with van der Waals surface area (Å²) in [5.41, 5.74) is 3.56. The molecule has 0 unspecified atom stereocenters. The summed E-state index contributed by atoms with van der Waals surface area (Å²) in [6, 6.07) is 18.0. The second-order valence-electron chi connectivity index (χ2n) is 7.09. The molecule has 10 heteroatoms. The van der Waals surface area contributed by atoms with E-state index in [1.54, 1.807) is 59.6 Å². The standard InChI is InChI=1S/C24H19N5O3S2/c25-11-16-3-1-5-18(9-16)27-22(30)13-32-14-23(31)28-19-6-7-20-21(10-19)34-24(29-20)33-15-17-4-2-8-26-12-17/h1-10,12H,13-15H2,(H,27,30)(H,28,31). The van der Waals surface area contributed by atoms with Crippen LogP contribution in [0.2, 0.25) is 0 Å². The number of aromatic nitrogens is 2. The SMILES string of the molecule is N#Cc1cccc(NC(=O)COCC(=O)Nc2ccc3nc(SCc4cccnc4)sc3c2)c1. The van der Waals surface area contributed by atoms with Crippen LogP contribution in [-0.2, 0) is 20.1 Å². The maximum atomic E-state index is 12.2. The summed E-state index contributed by atoms with van der Waals surface area (Å²) in [6.07, 6.45) is 3.59. The molecule has 0 aliphatic heterocycles. The van der Waals surface area contributed by atoms with Gasteiger partial charge in [0, 0.05) is 29.5 Å². The van der Waals surface area contributed by atoms with Crippen molar-refractivity contribution in [2.24, 2.45) is 0 Å². The van der Waals surface area contributed by atoms with E-state index >= 15 is 0 Å². The Morgan fingerprint density at radius 2 is 1.82 bits per heavy atom. The average molecular weight is 490 g/mol. The number of hydrogen-bond acceptors (Lipinski definition) is 8. The number of thioether (sulfide) groups is 1. The number of thiazole rings is 1. The van der Waals surface area contributed by atoms with Crippen molar-refractivity contribution in [3.8, 4) is 6.07 Å². The molecule has 34 heavy (non-hydrogen) atoms. The van der Waals surface area contributed by atoms with Crippen LogP contribution in [0.3, 0.4) is 0 Å². The average Bonchev–Trinajstić information content (AvgIpc) is 3.26. The van der Waals surface area contributed by atoms with Gasteiger partial charge in [-0.05, 0) is 48.0 Å². The van der Waals surface area contributed by atoms with Gasteiger partial charge in [0.1, 0.15) is 13.2 Å². The normalized spacial score (nSPS) is 10.6. The van der Waals surface area contributed by atoms with E-state index in [0.717, 1.165) is 25.9 Å². The Bertz CT molecular complexity index is 1350. The molecule has 0 aliphatic carbocycles. The van der Waals surface area contributed by atoms with Crippen molar-refractivity contribution >= 4 is 56.5 Å². The lowest BCUT2D eigenvalue weighted by atomic mass is 10.2. The summed E-state index contributed by atoms with van der Waals surface area (Å²) < 4.78 is 7.12. The topological polar surface area (TPSA) is 117 Å². The smallest absolute Gasteiger partial charge is 0.250 e. The molecule has 0 bridgehead atoms. The highest BCUT2D eigenvalue weighted by atomic mass is 32.2. The highest BCUT2D eigenvalue weighted by molar-refractivity contribution is 8.00. The van der Waals surface area contributed by atoms with Crippen molar-refractivity contribution in [2.75, 3.05) is 23.8 Å². The fourth-order valence-corrected chi connectivity index (χ4v) is 5.01. The number of amides is 2. The Morgan fingerprint density at radius 3 is 2.56 bits per heavy atom. The van der Waals surface area contributed by atoms with Gasteiger partial charge in [0.15, 0.2) is 4.34 Å². The molecular formula is C24H19N5O3S2. The number of ether oxygens (including phenoxy) is 1. The minimum absolute atomic E-state index is 0.265. The fraction of sp³-hybridized carbons (Fsp3) is 0.125. The summed E-state index contributed by atoms with van der Waals surface area (Å²) in [5, 5.41) is 14.3. The number of rotatable bonds is 9. The van der Waals surface area contributed by atoms with E-state index in [1.807, 2.05) is 36.5 Å². The predicted molar refractivity (Wildman–Crippen MR) is 133 cm³/mol. The number of benzene rings is 2. The van der Waals surface area contributed by atoms with Crippen molar-refractivity contribution in [3.63, 3.8) is 0 Å². The minimum atomic E-state index is -0.412. The summed E-state index contributed by atoms with van der Waals surface area (Å²) in [4.78, 5) is 32.9. The molecule has 4 aromatic rings. The minimum Gasteiger partial charge on any atom is -0.362 e. The third kappa shape index (κ3) is 6.62. The first-order valence-corrected chi connectivity index (χ1v) is 12.0. The predicted octanol–water partition coefficient (Wildman–Crippen LogP) is 4.45. The zero-order chi connectivity index (χ0) is 23.8. The molecule has 0 fully saturated rings. The number of carbonyl (C=O) groups excluding carboxylic acids is 2. The molecule has 2 amide bonds. The quantitative estimate of drug-likeness (QED) is 0.334. The van der Waals surface area contributed by atoms with Gasteiger partial charge in [0.2, 0.25) is 11.8 Å². The van der Waals surface area contributed by atoms with Gasteiger partial charge in [-0.15, -0.1) is 11.3 Å². The molecule has 2 N–H and O–H groups in total. The molecule has 4 rings (SSSR count).